The molecule has 0 saturated carbocycles. The monoisotopic (exact) mass is 426 g/mol. The number of hydrogen-bond acceptors (Lipinski definition) is 5. The van der Waals surface area contributed by atoms with Crippen LogP contribution in [0.5, 0.6) is 0 Å². The molecule has 1 amide bonds. The molecule has 0 bridgehead atoms. The average Bonchev–Trinajstić information content (AvgIpc) is 2.68. The maximum absolute atomic E-state index is 12.6. The highest BCUT2D eigenvalue weighted by molar-refractivity contribution is 7.99. The van der Waals surface area contributed by atoms with Gasteiger partial charge in [-0.25, -0.2) is 0 Å². The minimum atomic E-state index is -0.0288. The number of likely N-dealkylation sites (tertiary alicyclic amines) is 1. The molecule has 5 nitrogen and oxygen atoms in total. The van der Waals surface area contributed by atoms with Crippen LogP contribution < -0.4 is 5.32 Å². The Bertz CT molecular complexity index is 737. The standard InChI is InChI=1S/C19H23ClN4OS.ClH/c1-21-11-8-14-9-12-24(13-10-14)19(25)16-6-7-18(23-22-16)26-17-5-3-2-4-15(17)20;/h2-7,14,21H,8-13H2,1H3;1H. The van der Waals surface area contributed by atoms with Crippen molar-refractivity contribution in [3.63, 3.8) is 0 Å². The van der Waals surface area contributed by atoms with E-state index in [-0.39, 0.29) is 18.3 Å². The quantitative estimate of drug-likeness (QED) is 0.750. The first-order valence-electron chi connectivity index (χ1n) is 8.87. The van der Waals surface area contributed by atoms with E-state index < -0.39 is 0 Å². The molecule has 2 aromatic rings. The first-order chi connectivity index (χ1) is 12.7. The second-order valence-corrected chi connectivity index (χ2v) is 7.89. The SMILES string of the molecule is CNCCC1CCN(C(=O)c2ccc(Sc3ccccc3Cl)nn2)CC1.Cl. The van der Waals surface area contributed by atoms with E-state index in [1.807, 2.05) is 42.3 Å². The molecule has 1 saturated heterocycles. The van der Waals surface area contributed by atoms with Crippen molar-refractivity contribution in [3.05, 3.63) is 47.1 Å². The minimum Gasteiger partial charge on any atom is -0.337 e. The summed E-state index contributed by atoms with van der Waals surface area (Å²) in [5.74, 6) is 0.672. The Morgan fingerprint density at radius 2 is 1.96 bits per heavy atom. The van der Waals surface area contributed by atoms with Crippen LogP contribution in [0, 0.1) is 5.92 Å². The molecule has 0 spiro atoms. The molecule has 1 fully saturated rings. The van der Waals surface area contributed by atoms with Crippen LogP contribution in [-0.2, 0) is 0 Å². The zero-order valence-electron chi connectivity index (χ0n) is 15.2. The second-order valence-electron chi connectivity index (χ2n) is 6.42. The zero-order chi connectivity index (χ0) is 18.4. The summed E-state index contributed by atoms with van der Waals surface area (Å²) in [5.41, 5.74) is 0.405. The number of piperidine rings is 1. The van der Waals surface area contributed by atoms with E-state index in [9.17, 15) is 4.79 Å². The number of benzene rings is 1. The number of carbonyl (C=O) groups excluding carboxylic acids is 1. The van der Waals surface area contributed by atoms with E-state index in [2.05, 4.69) is 15.5 Å². The lowest BCUT2D eigenvalue weighted by atomic mass is 9.93. The van der Waals surface area contributed by atoms with Gasteiger partial charge < -0.3 is 10.2 Å². The van der Waals surface area contributed by atoms with Crippen LogP contribution in [0.2, 0.25) is 5.02 Å². The summed E-state index contributed by atoms with van der Waals surface area (Å²) < 4.78 is 0. The number of rotatable bonds is 6. The van der Waals surface area contributed by atoms with Crippen molar-refractivity contribution in [1.82, 2.24) is 20.4 Å². The predicted molar refractivity (Wildman–Crippen MR) is 112 cm³/mol. The molecular formula is C19H24Cl2N4OS. The van der Waals surface area contributed by atoms with Gasteiger partial charge in [0.1, 0.15) is 5.03 Å². The lowest BCUT2D eigenvalue weighted by molar-refractivity contribution is 0.0679. The van der Waals surface area contributed by atoms with Gasteiger partial charge in [0.25, 0.3) is 5.91 Å². The van der Waals surface area contributed by atoms with Crippen LogP contribution in [0.1, 0.15) is 29.8 Å². The molecule has 0 radical (unpaired) electrons. The summed E-state index contributed by atoms with van der Waals surface area (Å²) in [6.07, 6.45) is 3.29. The van der Waals surface area contributed by atoms with Gasteiger partial charge in [-0.05, 0) is 63.0 Å². The topological polar surface area (TPSA) is 58.1 Å². The Morgan fingerprint density at radius 1 is 1.22 bits per heavy atom. The molecule has 27 heavy (non-hydrogen) atoms. The summed E-state index contributed by atoms with van der Waals surface area (Å²) in [6.45, 7) is 2.63. The highest BCUT2D eigenvalue weighted by Gasteiger charge is 2.24. The Hall–Kier alpha value is -1.34. The van der Waals surface area contributed by atoms with E-state index >= 15 is 0 Å². The first kappa shape index (κ1) is 22.0. The third-order valence-corrected chi connectivity index (χ3v) is 6.06. The smallest absolute Gasteiger partial charge is 0.274 e. The normalized spacial score (nSPS) is 14.7. The highest BCUT2D eigenvalue weighted by Crippen LogP contribution is 2.31. The van der Waals surface area contributed by atoms with Crippen LogP contribution >= 0.6 is 35.8 Å². The maximum atomic E-state index is 12.6. The summed E-state index contributed by atoms with van der Waals surface area (Å²) in [5, 5.41) is 12.9. The molecule has 1 aromatic carbocycles. The summed E-state index contributed by atoms with van der Waals surface area (Å²) in [7, 11) is 1.98. The van der Waals surface area contributed by atoms with Crippen LogP contribution in [0.4, 0.5) is 0 Å². The number of amides is 1. The molecule has 0 atom stereocenters. The Kier molecular flexibility index (Phi) is 8.83. The molecule has 1 aromatic heterocycles. The molecule has 8 heteroatoms. The molecule has 3 rings (SSSR count). The van der Waals surface area contributed by atoms with E-state index in [4.69, 9.17) is 11.6 Å². The molecule has 2 heterocycles. The van der Waals surface area contributed by atoms with Gasteiger partial charge in [-0.1, -0.05) is 35.5 Å². The Balaban J connectivity index is 0.00000261. The van der Waals surface area contributed by atoms with Gasteiger partial charge in [0.05, 0.1) is 5.02 Å². The van der Waals surface area contributed by atoms with E-state index in [1.54, 1.807) is 6.07 Å². The van der Waals surface area contributed by atoms with Crippen molar-refractivity contribution < 1.29 is 4.79 Å². The molecule has 1 N–H and O–H groups in total. The fraction of sp³-hybridized carbons (Fsp3) is 0.421. The molecule has 1 aliphatic rings. The van der Waals surface area contributed by atoms with Gasteiger partial charge in [-0.3, -0.25) is 4.79 Å². The zero-order valence-corrected chi connectivity index (χ0v) is 17.6. The second kappa shape index (κ2) is 10.9. The van der Waals surface area contributed by atoms with Crippen LogP contribution in [-0.4, -0.2) is 47.7 Å². The Labute approximate surface area is 175 Å². The van der Waals surface area contributed by atoms with Crippen LogP contribution in [0.25, 0.3) is 0 Å². The largest absolute Gasteiger partial charge is 0.337 e. The number of hydrogen-bond donors (Lipinski definition) is 1. The molecule has 146 valence electrons. The number of nitrogens with zero attached hydrogens (tertiary/aromatic N) is 3. The number of nitrogens with one attached hydrogen (secondary N) is 1. The maximum Gasteiger partial charge on any atom is 0.274 e. The molecule has 1 aliphatic heterocycles. The van der Waals surface area contributed by atoms with Gasteiger partial charge >= 0.3 is 0 Å². The van der Waals surface area contributed by atoms with E-state index in [0.29, 0.717) is 16.6 Å². The van der Waals surface area contributed by atoms with Crippen molar-refractivity contribution >= 4 is 41.7 Å². The number of carbonyl (C=O) groups is 1. The van der Waals surface area contributed by atoms with Gasteiger partial charge in [0.2, 0.25) is 0 Å². The molecule has 0 aliphatic carbocycles. The highest BCUT2D eigenvalue weighted by atomic mass is 35.5. The summed E-state index contributed by atoms with van der Waals surface area (Å²) in [6, 6.07) is 11.2. The van der Waals surface area contributed by atoms with Crippen molar-refractivity contribution in [2.24, 2.45) is 5.92 Å². The van der Waals surface area contributed by atoms with Crippen molar-refractivity contribution in [2.75, 3.05) is 26.7 Å². The van der Waals surface area contributed by atoms with E-state index in [1.165, 1.54) is 18.2 Å². The van der Waals surface area contributed by atoms with Gasteiger partial charge in [-0.15, -0.1) is 22.6 Å². The predicted octanol–water partition coefficient (Wildman–Crippen LogP) is 4.16. The average molecular weight is 427 g/mol. The third kappa shape index (κ3) is 6.07. The summed E-state index contributed by atoms with van der Waals surface area (Å²) in [4.78, 5) is 15.4. The van der Waals surface area contributed by atoms with E-state index in [0.717, 1.165) is 42.4 Å². The minimum absolute atomic E-state index is 0. The van der Waals surface area contributed by atoms with Gasteiger partial charge in [0, 0.05) is 18.0 Å². The van der Waals surface area contributed by atoms with Gasteiger partial charge in [-0.2, -0.15) is 0 Å². The van der Waals surface area contributed by atoms with Crippen molar-refractivity contribution in [2.45, 2.75) is 29.2 Å². The van der Waals surface area contributed by atoms with Crippen molar-refractivity contribution in [3.8, 4) is 0 Å². The number of halogens is 2. The molecular weight excluding hydrogens is 403 g/mol. The summed E-state index contributed by atoms with van der Waals surface area (Å²) >= 11 is 7.61. The van der Waals surface area contributed by atoms with Crippen LogP contribution in [0.3, 0.4) is 0 Å². The fourth-order valence-electron chi connectivity index (χ4n) is 3.06. The third-order valence-electron chi connectivity index (χ3n) is 4.61. The van der Waals surface area contributed by atoms with Crippen molar-refractivity contribution in [1.29, 1.82) is 0 Å². The lowest BCUT2D eigenvalue weighted by Gasteiger charge is -2.31. The Morgan fingerprint density at radius 3 is 2.59 bits per heavy atom. The lowest BCUT2D eigenvalue weighted by Crippen LogP contribution is -2.39. The number of aromatic nitrogens is 2. The van der Waals surface area contributed by atoms with Crippen LogP contribution in [0.15, 0.2) is 46.3 Å². The first-order valence-corrected chi connectivity index (χ1v) is 10.1. The van der Waals surface area contributed by atoms with Gasteiger partial charge in [0.15, 0.2) is 5.69 Å². The fourth-order valence-corrected chi connectivity index (χ4v) is 4.07. The molecule has 0 unspecified atom stereocenters.